The average molecular weight is 251 g/mol. The van der Waals surface area contributed by atoms with Crippen LogP contribution in [0, 0.1) is 0 Å². The van der Waals surface area contributed by atoms with Crippen LogP contribution in [0.25, 0.3) is 21.7 Å². The molecule has 0 radical (unpaired) electrons. The molecule has 0 N–H and O–H groups in total. The van der Waals surface area contributed by atoms with Crippen molar-refractivity contribution in [2.24, 2.45) is 0 Å². The molecule has 0 bridgehead atoms. The molecule has 0 unspecified atom stereocenters. The van der Waals surface area contributed by atoms with E-state index in [-0.39, 0.29) is 0 Å². The third kappa shape index (κ3) is 1.83. The quantitative estimate of drug-likeness (QED) is 0.471. The van der Waals surface area contributed by atoms with E-state index in [9.17, 15) is 0 Å². The SMILES string of the molecule is C[Si](C)(C)c1cnc2c(ccc3ccccc32)c1. The number of benzene rings is 2. The predicted molar refractivity (Wildman–Crippen MR) is 82.2 cm³/mol. The maximum Gasteiger partial charge on any atom is 0.0796 e. The largest absolute Gasteiger partial charge is 0.256 e. The summed E-state index contributed by atoms with van der Waals surface area (Å²) in [6.45, 7) is 7.07. The van der Waals surface area contributed by atoms with Crippen LogP contribution in [0.3, 0.4) is 0 Å². The number of nitrogens with zero attached hydrogens (tertiary/aromatic N) is 1. The van der Waals surface area contributed by atoms with Crippen molar-refractivity contribution < 1.29 is 0 Å². The molecule has 18 heavy (non-hydrogen) atoms. The maximum atomic E-state index is 4.71. The van der Waals surface area contributed by atoms with Crippen LogP contribution in [-0.2, 0) is 0 Å². The maximum absolute atomic E-state index is 4.71. The van der Waals surface area contributed by atoms with Gasteiger partial charge in [0.15, 0.2) is 0 Å². The van der Waals surface area contributed by atoms with Crippen molar-refractivity contribution in [3.05, 3.63) is 48.7 Å². The summed E-state index contributed by atoms with van der Waals surface area (Å²) in [7, 11) is -1.28. The lowest BCUT2D eigenvalue weighted by Crippen LogP contribution is -2.37. The van der Waals surface area contributed by atoms with E-state index in [0.717, 1.165) is 5.52 Å². The van der Waals surface area contributed by atoms with Crippen molar-refractivity contribution >= 4 is 34.9 Å². The molecule has 1 nitrogen and oxygen atoms in total. The first-order valence-electron chi connectivity index (χ1n) is 6.34. The number of aromatic nitrogens is 1. The van der Waals surface area contributed by atoms with Crippen LogP contribution < -0.4 is 5.19 Å². The summed E-state index contributed by atoms with van der Waals surface area (Å²) in [6, 6.07) is 15.1. The zero-order valence-corrected chi connectivity index (χ0v) is 12.1. The first kappa shape index (κ1) is 11.4. The predicted octanol–water partition coefficient (Wildman–Crippen LogP) is 3.93. The van der Waals surface area contributed by atoms with Crippen LogP contribution in [0.15, 0.2) is 48.7 Å². The van der Waals surface area contributed by atoms with Crippen LogP contribution in [0.4, 0.5) is 0 Å². The summed E-state index contributed by atoms with van der Waals surface area (Å²) in [5, 5.41) is 5.19. The van der Waals surface area contributed by atoms with Crippen LogP contribution in [0.5, 0.6) is 0 Å². The first-order valence-corrected chi connectivity index (χ1v) is 9.84. The fourth-order valence-electron chi connectivity index (χ4n) is 2.28. The minimum atomic E-state index is -1.28. The Bertz CT molecular complexity index is 726. The van der Waals surface area contributed by atoms with Crippen LogP contribution >= 0.6 is 0 Å². The van der Waals surface area contributed by atoms with Crippen molar-refractivity contribution in [1.29, 1.82) is 0 Å². The van der Waals surface area contributed by atoms with E-state index in [2.05, 4.69) is 68.3 Å². The third-order valence-electron chi connectivity index (χ3n) is 3.44. The van der Waals surface area contributed by atoms with Gasteiger partial charge in [-0.1, -0.05) is 62.1 Å². The van der Waals surface area contributed by atoms with Gasteiger partial charge in [-0.2, -0.15) is 0 Å². The lowest BCUT2D eigenvalue weighted by Gasteiger charge is -2.16. The Morgan fingerprint density at radius 3 is 2.39 bits per heavy atom. The van der Waals surface area contributed by atoms with Crippen LogP contribution in [0.1, 0.15) is 0 Å². The molecule has 0 fully saturated rings. The molecule has 0 saturated carbocycles. The highest BCUT2D eigenvalue weighted by Gasteiger charge is 2.17. The second-order valence-electron chi connectivity index (χ2n) is 5.83. The molecule has 0 saturated heterocycles. The van der Waals surface area contributed by atoms with E-state index >= 15 is 0 Å². The van der Waals surface area contributed by atoms with Gasteiger partial charge < -0.3 is 0 Å². The monoisotopic (exact) mass is 251 g/mol. The zero-order valence-electron chi connectivity index (χ0n) is 11.1. The number of rotatable bonds is 1. The highest BCUT2D eigenvalue weighted by atomic mass is 28.3. The van der Waals surface area contributed by atoms with Gasteiger partial charge in [0, 0.05) is 17.0 Å². The summed E-state index contributed by atoms with van der Waals surface area (Å²) in [6.07, 6.45) is 2.07. The summed E-state index contributed by atoms with van der Waals surface area (Å²) in [5.41, 5.74) is 1.12. The Balaban J connectivity index is 2.35. The number of pyridine rings is 1. The fourth-order valence-corrected chi connectivity index (χ4v) is 3.32. The number of hydrogen-bond acceptors (Lipinski definition) is 1. The van der Waals surface area contributed by atoms with E-state index in [1.54, 1.807) is 0 Å². The first-order chi connectivity index (χ1) is 8.55. The molecule has 1 heterocycles. The molecule has 3 aromatic rings. The Morgan fingerprint density at radius 1 is 0.889 bits per heavy atom. The van der Waals surface area contributed by atoms with Gasteiger partial charge >= 0.3 is 0 Å². The van der Waals surface area contributed by atoms with Gasteiger partial charge in [0.2, 0.25) is 0 Å². The zero-order chi connectivity index (χ0) is 12.8. The van der Waals surface area contributed by atoms with Gasteiger partial charge in [-0.05, 0) is 10.6 Å². The van der Waals surface area contributed by atoms with Gasteiger partial charge in [-0.15, -0.1) is 0 Å². The van der Waals surface area contributed by atoms with Gasteiger partial charge in [-0.3, -0.25) is 4.98 Å². The van der Waals surface area contributed by atoms with E-state index in [1.807, 2.05) is 0 Å². The van der Waals surface area contributed by atoms with Crippen molar-refractivity contribution in [2.75, 3.05) is 0 Å². The van der Waals surface area contributed by atoms with Crippen molar-refractivity contribution in [3.8, 4) is 0 Å². The lowest BCUT2D eigenvalue weighted by atomic mass is 10.1. The molecule has 0 aliphatic heterocycles. The summed E-state index contributed by atoms with van der Waals surface area (Å²) in [5.74, 6) is 0. The number of fused-ring (bicyclic) bond motifs is 3. The molecule has 2 heteroatoms. The third-order valence-corrected chi connectivity index (χ3v) is 5.45. The minimum Gasteiger partial charge on any atom is -0.256 e. The van der Waals surface area contributed by atoms with E-state index in [1.165, 1.54) is 21.3 Å². The topological polar surface area (TPSA) is 12.9 Å². The number of hydrogen-bond donors (Lipinski definition) is 0. The van der Waals surface area contributed by atoms with Crippen molar-refractivity contribution in [1.82, 2.24) is 4.98 Å². The van der Waals surface area contributed by atoms with Gasteiger partial charge in [-0.25, -0.2) is 0 Å². The molecule has 0 atom stereocenters. The molecule has 3 rings (SSSR count). The standard InChI is InChI=1S/C16H17NSi/c1-18(2,3)14-10-13-9-8-12-6-4-5-7-15(12)16(13)17-11-14/h4-11H,1-3H3. The van der Waals surface area contributed by atoms with Gasteiger partial charge in [0.05, 0.1) is 13.6 Å². The van der Waals surface area contributed by atoms with E-state index in [0.29, 0.717) is 0 Å². The van der Waals surface area contributed by atoms with E-state index in [4.69, 9.17) is 4.98 Å². The molecule has 2 aromatic carbocycles. The second kappa shape index (κ2) is 3.92. The van der Waals surface area contributed by atoms with Crippen LogP contribution in [0.2, 0.25) is 19.6 Å². The normalized spacial score (nSPS) is 12.2. The molecule has 0 aliphatic carbocycles. The molecular formula is C16H17NSi. The van der Waals surface area contributed by atoms with Crippen LogP contribution in [-0.4, -0.2) is 13.1 Å². The molecule has 90 valence electrons. The summed E-state index contributed by atoms with van der Waals surface area (Å²) >= 11 is 0. The fraction of sp³-hybridized carbons (Fsp3) is 0.188. The van der Waals surface area contributed by atoms with Gasteiger partial charge in [0.1, 0.15) is 0 Å². The highest BCUT2D eigenvalue weighted by molar-refractivity contribution is 6.88. The minimum absolute atomic E-state index is 1.12. The molecule has 1 aromatic heterocycles. The molecular weight excluding hydrogens is 234 g/mol. The van der Waals surface area contributed by atoms with Crippen molar-refractivity contribution in [3.63, 3.8) is 0 Å². The molecule has 0 aliphatic rings. The van der Waals surface area contributed by atoms with Gasteiger partial charge in [0.25, 0.3) is 0 Å². The van der Waals surface area contributed by atoms with E-state index < -0.39 is 8.07 Å². The smallest absolute Gasteiger partial charge is 0.0796 e. The Labute approximate surface area is 108 Å². The second-order valence-corrected chi connectivity index (χ2v) is 10.9. The lowest BCUT2D eigenvalue weighted by molar-refractivity contribution is 1.44. The Kier molecular flexibility index (Phi) is 2.49. The summed E-state index contributed by atoms with van der Waals surface area (Å²) in [4.78, 5) is 4.71. The summed E-state index contributed by atoms with van der Waals surface area (Å²) < 4.78 is 0. The highest BCUT2D eigenvalue weighted by Crippen LogP contribution is 2.23. The molecule has 0 amide bonds. The Hall–Kier alpha value is -1.67. The van der Waals surface area contributed by atoms with Crippen molar-refractivity contribution in [2.45, 2.75) is 19.6 Å². The Morgan fingerprint density at radius 2 is 1.61 bits per heavy atom. The average Bonchev–Trinajstić information content (AvgIpc) is 2.37. The molecule has 0 spiro atoms.